The molecule has 94 valence electrons. The third-order valence-corrected chi connectivity index (χ3v) is 3.17. The van der Waals surface area contributed by atoms with Gasteiger partial charge in [0.1, 0.15) is 11.7 Å². The van der Waals surface area contributed by atoms with Crippen molar-refractivity contribution in [1.82, 2.24) is 9.78 Å². The number of hydrogen-bond donors (Lipinski definition) is 1. The van der Waals surface area contributed by atoms with Crippen molar-refractivity contribution in [3.05, 3.63) is 11.8 Å². The van der Waals surface area contributed by atoms with E-state index in [1.54, 1.807) is 4.68 Å². The topological polar surface area (TPSA) is 56.1 Å². The molecule has 1 amide bonds. The minimum Gasteiger partial charge on any atom is -0.381 e. The van der Waals surface area contributed by atoms with E-state index in [-0.39, 0.29) is 11.8 Å². The number of anilines is 1. The minimum absolute atomic E-state index is 0.0439. The van der Waals surface area contributed by atoms with E-state index in [9.17, 15) is 4.79 Å². The van der Waals surface area contributed by atoms with E-state index in [0.717, 1.165) is 31.7 Å². The van der Waals surface area contributed by atoms with E-state index < -0.39 is 0 Å². The number of rotatable bonds is 3. The molecule has 1 N–H and O–H groups in total. The first-order valence-corrected chi connectivity index (χ1v) is 6.21. The molecular weight excluding hydrogens is 242 g/mol. The quantitative estimate of drug-likeness (QED) is 0.835. The zero-order valence-electron chi connectivity index (χ0n) is 9.78. The van der Waals surface area contributed by atoms with Gasteiger partial charge in [0.15, 0.2) is 0 Å². The third kappa shape index (κ3) is 2.98. The molecule has 1 fully saturated rings. The number of aryl methyl sites for hydroxylation is 1. The van der Waals surface area contributed by atoms with Crippen LogP contribution in [0.3, 0.4) is 0 Å². The van der Waals surface area contributed by atoms with E-state index in [4.69, 9.17) is 16.3 Å². The zero-order valence-corrected chi connectivity index (χ0v) is 10.5. The van der Waals surface area contributed by atoms with E-state index in [1.165, 1.54) is 0 Å². The summed E-state index contributed by atoms with van der Waals surface area (Å²) in [7, 11) is 1.81. The van der Waals surface area contributed by atoms with Crippen LogP contribution in [0.15, 0.2) is 6.07 Å². The van der Waals surface area contributed by atoms with Gasteiger partial charge in [-0.1, -0.05) is 0 Å². The number of halogens is 1. The van der Waals surface area contributed by atoms with Crippen molar-refractivity contribution in [2.45, 2.75) is 18.8 Å². The maximum atomic E-state index is 11.2. The van der Waals surface area contributed by atoms with Crippen LogP contribution in [0.2, 0.25) is 0 Å². The van der Waals surface area contributed by atoms with Crippen LogP contribution < -0.4 is 5.32 Å². The summed E-state index contributed by atoms with van der Waals surface area (Å²) in [4.78, 5) is 11.2. The number of ether oxygens (including phenoxy) is 1. The Morgan fingerprint density at radius 2 is 2.35 bits per heavy atom. The highest BCUT2D eigenvalue weighted by Gasteiger charge is 2.20. The van der Waals surface area contributed by atoms with Gasteiger partial charge in [-0.05, 0) is 12.8 Å². The number of alkyl halides is 1. The van der Waals surface area contributed by atoms with Crippen LogP contribution in [0.1, 0.15) is 24.5 Å². The van der Waals surface area contributed by atoms with Crippen LogP contribution >= 0.6 is 11.6 Å². The van der Waals surface area contributed by atoms with Crippen LogP contribution in [-0.2, 0) is 16.6 Å². The molecule has 0 aromatic carbocycles. The summed E-state index contributed by atoms with van der Waals surface area (Å²) in [6.45, 7) is 1.56. The molecule has 2 rings (SSSR count). The second kappa shape index (κ2) is 5.51. The highest BCUT2D eigenvalue weighted by molar-refractivity contribution is 6.29. The molecule has 1 aliphatic heterocycles. The van der Waals surface area contributed by atoms with Crippen LogP contribution in [0, 0.1) is 0 Å². The molecule has 0 bridgehead atoms. The Balaban J connectivity index is 2.09. The van der Waals surface area contributed by atoms with Gasteiger partial charge in [0.05, 0.1) is 5.69 Å². The summed E-state index contributed by atoms with van der Waals surface area (Å²) in [5.74, 6) is 0.861. The smallest absolute Gasteiger partial charge is 0.240 e. The molecule has 0 saturated carbocycles. The summed E-state index contributed by atoms with van der Waals surface area (Å²) < 4.78 is 6.99. The van der Waals surface area contributed by atoms with Crippen molar-refractivity contribution < 1.29 is 9.53 Å². The number of nitrogens with zero attached hydrogens (tertiary/aromatic N) is 2. The van der Waals surface area contributed by atoms with Crippen molar-refractivity contribution in [3.63, 3.8) is 0 Å². The van der Waals surface area contributed by atoms with Gasteiger partial charge in [-0.25, -0.2) is 0 Å². The number of aromatic nitrogens is 2. The van der Waals surface area contributed by atoms with Crippen molar-refractivity contribution in [1.29, 1.82) is 0 Å². The number of nitrogens with one attached hydrogen (secondary N) is 1. The zero-order chi connectivity index (χ0) is 12.3. The first-order chi connectivity index (χ1) is 8.20. The maximum absolute atomic E-state index is 11.2. The largest absolute Gasteiger partial charge is 0.381 e. The van der Waals surface area contributed by atoms with E-state index in [2.05, 4.69) is 10.4 Å². The summed E-state index contributed by atoms with van der Waals surface area (Å²) in [6, 6.07) is 1.92. The summed E-state index contributed by atoms with van der Waals surface area (Å²) in [5, 5.41) is 7.14. The normalized spacial score (nSPS) is 17.1. The van der Waals surface area contributed by atoms with Crippen molar-refractivity contribution in [2.75, 3.05) is 24.4 Å². The number of amides is 1. The average Bonchev–Trinajstić information content (AvgIpc) is 2.72. The van der Waals surface area contributed by atoms with Crippen LogP contribution in [-0.4, -0.2) is 34.8 Å². The lowest BCUT2D eigenvalue weighted by molar-refractivity contribution is -0.114. The maximum Gasteiger partial charge on any atom is 0.240 e. The average molecular weight is 258 g/mol. The minimum atomic E-state index is -0.215. The Labute approximate surface area is 105 Å². The van der Waals surface area contributed by atoms with Gasteiger partial charge in [-0.15, -0.1) is 11.6 Å². The molecule has 0 spiro atoms. The molecule has 17 heavy (non-hydrogen) atoms. The third-order valence-electron chi connectivity index (χ3n) is 2.93. The molecule has 1 saturated heterocycles. The standard InChI is InChI=1S/C11H16ClN3O2/c1-15-10(13-11(16)7-12)6-9(14-15)8-2-4-17-5-3-8/h6,8H,2-5,7H2,1H3,(H,13,16). The molecule has 1 aliphatic rings. The summed E-state index contributed by atoms with van der Waals surface area (Å²) >= 11 is 5.45. The fourth-order valence-electron chi connectivity index (χ4n) is 1.98. The fraction of sp³-hybridized carbons (Fsp3) is 0.636. The van der Waals surface area contributed by atoms with Crippen LogP contribution in [0.25, 0.3) is 0 Å². The van der Waals surface area contributed by atoms with Crippen molar-refractivity contribution in [3.8, 4) is 0 Å². The highest BCUT2D eigenvalue weighted by atomic mass is 35.5. The van der Waals surface area contributed by atoms with E-state index >= 15 is 0 Å². The monoisotopic (exact) mass is 257 g/mol. The molecule has 2 heterocycles. The molecule has 0 atom stereocenters. The number of carbonyl (C=O) groups excluding carboxylic acids is 1. The molecule has 0 unspecified atom stereocenters. The molecule has 5 nitrogen and oxygen atoms in total. The predicted octanol–water partition coefficient (Wildman–Crippen LogP) is 1.49. The Kier molecular flexibility index (Phi) is 4.02. The second-order valence-corrected chi connectivity index (χ2v) is 4.41. The molecular formula is C11H16ClN3O2. The van der Waals surface area contributed by atoms with Gasteiger partial charge in [-0.3, -0.25) is 9.48 Å². The Hall–Kier alpha value is -1.07. The highest BCUT2D eigenvalue weighted by Crippen LogP contribution is 2.27. The Morgan fingerprint density at radius 1 is 1.65 bits per heavy atom. The van der Waals surface area contributed by atoms with Gasteiger partial charge in [0.2, 0.25) is 5.91 Å². The summed E-state index contributed by atoms with van der Waals surface area (Å²) in [6.07, 6.45) is 1.97. The number of hydrogen-bond acceptors (Lipinski definition) is 3. The Bertz CT molecular complexity index is 399. The molecule has 0 aliphatic carbocycles. The molecule has 1 aromatic rings. The lowest BCUT2D eigenvalue weighted by atomic mass is 9.97. The Morgan fingerprint density at radius 3 is 3.00 bits per heavy atom. The second-order valence-electron chi connectivity index (χ2n) is 4.15. The van der Waals surface area contributed by atoms with E-state index in [0.29, 0.717) is 11.7 Å². The van der Waals surface area contributed by atoms with Gasteiger partial charge in [-0.2, -0.15) is 5.10 Å². The molecule has 6 heteroatoms. The number of carbonyl (C=O) groups is 1. The SMILES string of the molecule is Cn1nc(C2CCOCC2)cc1NC(=O)CCl. The van der Waals surface area contributed by atoms with Gasteiger partial charge < -0.3 is 10.1 Å². The first-order valence-electron chi connectivity index (χ1n) is 5.68. The van der Waals surface area contributed by atoms with E-state index in [1.807, 2.05) is 13.1 Å². The summed E-state index contributed by atoms with van der Waals surface area (Å²) in [5.41, 5.74) is 1.01. The first kappa shape index (κ1) is 12.4. The van der Waals surface area contributed by atoms with Gasteiger partial charge in [0, 0.05) is 32.2 Å². The lowest BCUT2D eigenvalue weighted by Gasteiger charge is -2.19. The van der Waals surface area contributed by atoms with Gasteiger partial charge in [0.25, 0.3) is 0 Å². The van der Waals surface area contributed by atoms with Crippen LogP contribution in [0.5, 0.6) is 0 Å². The van der Waals surface area contributed by atoms with Gasteiger partial charge >= 0.3 is 0 Å². The lowest BCUT2D eigenvalue weighted by Crippen LogP contribution is -2.15. The molecule has 1 aromatic heterocycles. The predicted molar refractivity (Wildman–Crippen MR) is 65.4 cm³/mol. The molecule has 0 radical (unpaired) electrons. The fourth-order valence-corrected chi connectivity index (χ4v) is 2.04. The van der Waals surface area contributed by atoms with Crippen LogP contribution in [0.4, 0.5) is 5.82 Å². The van der Waals surface area contributed by atoms with Crippen molar-refractivity contribution in [2.24, 2.45) is 7.05 Å². The van der Waals surface area contributed by atoms with Crippen molar-refractivity contribution >= 4 is 23.3 Å².